The van der Waals surface area contributed by atoms with Gasteiger partial charge in [0.1, 0.15) is 0 Å². The van der Waals surface area contributed by atoms with Crippen molar-refractivity contribution < 1.29 is 14.5 Å². The first-order chi connectivity index (χ1) is 8.95. The molecule has 0 fully saturated rings. The van der Waals surface area contributed by atoms with Crippen LogP contribution >= 0.6 is 0 Å². The van der Waals surface area contributed by atoms with E-state index in [1.165, 1.54) is 13.2 Å². The Kier molecular flexibility index (Phi) is 5.44. The number of nitro benzene ring substituents is 1. The number of rotatable bonds is 6. The zero-order valence-corrected chi connectivity index (χ0v) is 11.3. The molecule has 0 saturated carbocycles. The Labute approximate surface area is 112 Å². The lowest BCUT2D eigenvalue weighted by Crippen LogP contribution is -2.35. The van der Waals surface area contributed by atoms with Crippen LogP contribution in [0.15, 0.2) is 24.3 Å². The maximum Gasteiger partial charge on any atom is 0.319 e. The summed E-state index contributed by atoms with van der Waals surface area (Å²) in [5.74, 6) is -0.354. The number of carbonyl (C=O) groups is 1. The molecule has 0 amide bonds. The lowest BCUT2D eigenvalue weighted by molar-refractivity contribution is -0.385. The fraction of sp³-hybridized carbons (Fsp3) is 0.462. The molecule has 19 heavy (non-hydrogen) atoms. The smallest absolute Gasteiger partial charge is 0.319 e. The van der Waals surface area contributed by atoms with Crippen LogP contribution in [0.2, 0.25) is 0 Å². The van der Waals surface area contributed by atoms with Crippen LogP contribution in [0.4, 0.5) is 5.69 Å². The van der Waals surface area contributed by atoms with E-state index in [1.807, 2.05) is 18.7 Å². The first-order valence-electron chi connectivity index (χ1n) is 5.99. The fourth-order valence-electron chi connectivity index (χ4n) is 1.69. The monoisotopic (exact) mass is 266 g/mol. The number of nitro groups is 1. The highest BCUT2D eigenvalue weighted by molar-refractivity contribution is 5.71. The summed E-state index contributed by atoms with van der Waals surface area (Å²) in [5.41, 5.74) is 0.656. The molecule has 0 aromatic heterocycles. The molecule has 0 bridgehead atoms. The van der Waals surface area contributed by atoms with Crippen LogP contribution < -0.4 is 0 Å². The number of para-hydroxylation sites is 1. The highest BCUT2D eigenvalue weighted by Crippen LogP contribution is 2.20. The van der Waals surface area contributed by atoms with Gasteiger partial charge < -0.3 is 4.74 Å². The molecule has 0 saturated heterocycles. The molecule has 0 N–H and O–H groups in total. The van der Waals surface area contributed by atoms with E-state index in [1.54, 1.807) is 18.2 Å². The molecule has 0 aliphatic carbocycles. The van der Waals surface area contributed by atoms with Gasteiger partial charge in [0, 0.05) is 24.2 Å². The van der Waals surface area contributed by atoms with Crippen LogP contribution in [0.25, 0.3) is 0 Å². The average Bonchev–Trinajstić information content (AvgIpc) is 2.37. The molecule has 0 radical (unpaired) electrons. The van der Waals surface area contributed by atoms with E-state index in [4.69, 9.17) is 0 Å². The van der Waals surface area contributed by atoms with Gasteiger partial charge in [-0.25, -0.2) is 0 Å². The standard InChI is InChI=1S/C13H18N2O4/c1-10(2)14(9-13(16)19-3)8-11-6-4-5-7-12(11)15(17)18/h4-7,10H,8-9H2,1-3H3. The first-order valence-corrected chi connectivity index (χ1v) is 5.99. The number of nitrogens with zero attached hydrogens (tertiary/aromatic N) is 2. The minimum atomic E-state index is -0.411. The second-order valence-electron chi connectivity index (χ2n) is 4.46. The molecular formula is C13H18N2O4. The summed E-state index contributed by atoms with van der Waals surface area (Å²) in [6.45, 7) is 4.31. The van der Waals surface area contributed by atoms with Crippen LogP contribution in [-0.4, -0.2) is 35.5 Å². The Morgan fingerprint density at radius 3 is 2.58 bits per heavy atom. The number of esters is 1. The number of benzene rings is 1. The van der Waals surface area contributed by atoms with Crippen LogP contribution in [0.1, 0.15) is 19.4 Å². The summed E-state index contributed by atoms with van der Waals surface area (Å²) in [5, 5.41) is 10.9. The maximum absolute atomic E-state index is 11.3. The van der Waals surface area contributed by atoms with Crippen molar-refractivity contribution in [3.05, 3.63) is 39.9 Å². The van der Waals surface area contributed by atoms with Crippen molar-refractivity contribution in [3.63, 3.8) is 0 Å². The molecule has 1 rings (SSSR count). The predicted molar refractivity (Wildman–Crippen MR) is 70.7 cm³/mol. The molecule has 0 aliphatic heterocycles. The van der Waals surface area contributed by atoms with Gasteiger partial charge in [-0.15, -0.1) is 0 Å². The summed E-state index contributed by atoms with van der Waals surface area (Å²) < 4.78 is 4.63. The lowest BCUT2D eigenvalue weighted by atomic mass is 10.1. The zero-order valence-electron chi connectivity index (χ0n) is 11.3. The van der Waals surface area contributed by atoms with Crippen molar-refractivity contribution in [3.8, 4) is 0 Å². The maximum atomic E-state index is 11.3. The largest absolute Gasteiger partial charge is 0.468 e. The van der Waals surface area contributed by atoms with Crippen molar-refractivity contribution in [2.45, 2.75) is 26.4 Å². The van der Waals surface area contributed by atoms with Gasteiger partial charge in [-0.2, -0.15) is 0 Å². The number of hydrogen-bond donors (Lipinski definition) is 0. The van der Waals surface area contributed by atoms with E-state index in [9.17, 15) is 14.9 Å². The molecule has 0 heterocycles. The third-order valence-electron chi connectivity index (χ3n) is 2.85. The zero-order chi connectivity index (χ0) is 14.4. The van der Waals surface area contributed by atoms with E-state index in [-0.39, 0.29) is 24.2 Å². The summed E-state index contributed by atoms with van der Waals surface area (Å²) in [7, 11) is 1.33. The first kappa shape index (κ1) is 15.1. The van der Waals surface area contributed by atoms with Gasteiger partial charge in [-0.1, -0.05) is 18.2 Å². The van der Waals surface area contributed by atoms with Crippen molar-refractivity contribution in [2.75, 3.05) is 13.7 Å². The number of carbonyl (C=O) groups excluding carboxylic acids is 1. The second-order valence-corrected chi connectivity index (χ2v) is 4.46. The van der Waals surface area contributed by atoms with Gasteiger partial charge in [-0.3, -0.25) is 19.8 Å². The van der Waals surface area contributed by atoms with Gasteiger partial charge >= 0.3 is 5.97 Å². The van der Waals surface area contributed by atoms with Gasteiger partial charge in [0.2, 0.25) is 0 Å². The summed E-state index contributed by atoms with van der Waals surface area (Å²) in [6, 6.07) is 6.62. The van der Waals surface area contributed by atoms with Gasteiger partial charge in [0.05, 0.1) is 18.6 Å². The Bertz CT molecular complexity index is 460. The van der Waals surface area contributed by atoms with E-state index in [0.717, 1.165) is 0 Å². The third kappa shape index (κ3) is 4.33. The second kappa shape index (κ2) is 6.84. The minimum absolute atomic E-state index is 0.0676. The molecule has 0 aliphatic rings. The molecule has 104 valence electrons. The summed E-state index contributed by atoms with van der Waals surface area (Å²) in [4.78, 5) is 23.7. The number of hydrogen-bond acceptors (Lipinski definition) is 5. The summed E-state index contributed by atoms with van der Waals surface area (Å²) in [6.07, 6.45) is 0. The number of ether oxygens (including phenoxy) is 1. The highest BCUT2D eigenvalue weighted by Gasteiger charge is 2.19. The van der Waals surface area contributed by atoms with E-state index in [2.05, 4.69) is 4.74 Å². The van der Waals surface area contributed by atoms with E-state index >= 15 is 0 Å². The van der Waals surface area contributed by atoms with Crippen LogP contribution in [0.5, 0.6) is 0 Å². The lowest BCUT2D eigenvalue weighted by Gasteiger charge is -2.24. The third-order valence-corrected chi connectivity index (χ3v) is 2.85. The Balaban J connectivity index is 2.91. The van der Waals surface area contributed by atoms with Gasteiger partial charge in [0.25, 0.3) is 5.69 Å². The van der Waals surface area contributed by atoms with Crippen LogP contribution in [0.3, 0.4) is 0 Å². The molecular weight excluding hydrogens is 248 g/mol. The van der Waals surface area contributed by atoms with Crippen molar-refractivity contribution in [2.24, 2.45) is 0 Å². The fourth-order valence-corrected chi connectivity index (χ4v) is 1.69. The van der Waals surface area contributed by atoms with Crippen molar-refractivity contribution >= 4 is 11.7 Å². The molecule has 0 spiro atoms. The summed E-state index contributed by atoms with van der Waals surface area (Å²) >= 11 is 0. The Morgan fingerprint density at radius 1 is 1.42 bits per heavy atom. The van der Waals surface area contributed by atoms with Crippen LogP contribution in [0, 0.1) is 10.1 Å². The Hall–Kier alpha value is -1.95. The Morgan fingerprint density at radius 2 is 2.05 bits per heavy atom. The molecule has 1 aromatic carbocycles. The molecule has 0 unspecified atom stereocenters. The van der Waals surface area contributed by atoms with Crippen molar-refractivity contribution in [1.29, 1.82) is 0 Å². The SMILES string of the molecule is COC(=O)CN(Cc1ccccc1[N+](=O)[O-])C(C)C. The van der Waals surface area contributed by atoms with E-state index < -0.39 is 4.92 Å². The quantitative estimate of drug-likeness (QED) is 0.447. The highest BCUT2D eigenvalue weighted by atomic mass is 16.6. The number of methoxy groups -OCH3 is 1. The van der Waals surface area contributed by atoms with Gasteiger partial charge in [-0.05, 0) is 13.8 Å². The normalized spacial score (nSPS) is 10.8. The minimum Gasteiger partial charge on any atom is -0.468 e. The molecule has 6 heteroatoms. The van der Waals surface area contributed by atoms with Gasteiger partial charge in [0.15, 0.2) is 0 Å². The molecule has 6 nitrogen and oxygen atoms in total. The topological polar surface area (TPSA) is 72.7 Å². The van der Waals surface area contributed by atoms with Crippen molar-refractivity contribution in [1.82, 2.24) is 4.90 Å². The van der Waals surface area contributed by atoms with Crippen LogP contribution in [-0.2, 0) is 16.1 Å². The molecule has 1 aromatic rings. The molecule has 0 atom stereocenters. The average molecular weight is 266 g/mol. The van der Waals surface area contributed by atoms with E-state index in [0.29, 0.717) is 12.1 Å². The predicted octanol–water partition coefficient (Wildman–Crippen LogP) is 1.98.